The van der Waals surface area contributed by atoms with Gasteiger partial charge in [0.15, 0.2) is 23.6 Å². The highest BCUT2D eigenvalue weighted by Crippen LogP contribution is 2.39. The van der Waals surface area contributed by atoms with Gasteiger partial charge in [0.05, 0.1) is 23.8 Å². The lowest BCUT2D eigenvalue weighted by Gasteiger charge is -2.29. The molecule has 1 fully saturated rings. The molecule has 2 atom stereocenters. The average molecular weight is 743 g/mol. The van der Waals surface area contributed by atoms with Gasteiger partial charge in [0.2, 0.25) is 0 Å². The fraction of sp³-hybridized carbons (Fsp3) is 0.316. The summed E-state index contributed by atoms with van der Waals surface area (Å²) in [5, 5.41) is 0. The summed E-state index contributed by atoms with van der Waals surface area (Å²) in [5.41, 5.74) is -1.78. The predicted molar refractivity (Wildman–Crippen MR) is 170 cm³/mol. The van der Waals surface area contributed by atoms with Gasteiger partial charge in [-0.25, -0.2) is 17.6 Å². The number of benzene rings is 4. The van der Waals surface area contributed by atoms with E-state index < -0.39 is 69.9 Å². The van der Waals surface area contributed by atoms with Crippen LogP contribution in [-0.2, 0) is 17.0 Å². The van der Waals surface area contributed by atoms with E-state index in [9.17, 15) is 30.7 Å². The van der Waals surface area contributed by atoms with Gasteiger partial charge in [0.25, 0.3) is 0 Å². The average Bonchev–Trinajstić information content (AvgIpc) is 3.08. The molecule has 4 aromatic rings. The largest absolute Gasteiger partial charge is 0.453 e. The maximum atomic E-state index is 15.1. The van der Waals surface area contributed by atoms with Crippen molar-refractivity contribution in [2.45, 2.75) is 63.8 Å². The van der Waals surface area contributed by atoms with Gasteiger partial charge in [-0.15, -0.1) is 0 Å². The van der Waals surface area contributed by atoms with E-state index in [4.69, 9.17) is 9.47 Å². The molecule has 0 aliphatic carbocycles. The van der Waals surface area contributed by atoms with E-state index in [1.165, 1.54) is 30.7 Å². The van der Waals surface area contributed by atoms with Gasteiger partial charge < -0.3 is 18.9 Å². The minimum absolute atomic E-state index is 0.205. The van der Waals surface area contributed by atoms with E-state index in [0.717, 1.165) is 55.9 Å². The Morgan fingerprint density at radius 1 is 0.750 bits per heavy atom. The van der Waals surface area contributed by atoms with Gasteiger partial charge in [0, 0.05) is 23.8 Å². The molecule has 1 heterocycles. The lowest BCUT2D eigenvalue weighted by Crippen LogP contribution is -2.23. The van der Waals surface area contributed by atoms with Crippen LogP contribution in [-0.4, -0.2) is 6.61 Å². The van der Waals surface area contributed by atoms with Gasteiger partial charge in [-0.2, -0.15) is 26.3 Å². The van der Waals surface area contributed by atoms with Crippen molar-refractivity contribution in [2.24, 2.45) is 5.92 Å². The Bertz CT molecular complexity index is 1850. The van der Waals surface area contributed by atoms with Gasteiger partial charge >= 0.3 is 18.3 Å². The van der Waals surface area contributed by atoms with Crippen LogP contribution in [0.15, 0.2) is 85.1 Å². The van der Waals surface area contributed by atoms with Crippen LogP contribution in [0.2, 0.25) is 0 Å². The molecule has 0 N–H and O–H groups in total. The highest BCUT2D eigenvalue weighted by Gasteiger charge is 2.39. The van der Waals surface area contributed by atoms with Gasteiger partial charge in [-0.05, 0) is 72.7 Å². The first kappa shape index (κ1) is 38.5. The van der Waals surface area contributed by atoms with Gasteiger partial charge in [0.1, 0.15) is 23.1 Å². The Hall–Kier alpha value is -4.72. The summed E-state index contributed by atoms with van der Waals surface area (Å²) < 4.78 is 162. The SMILES string of the molecule is CCCCCC1CCC(c2ccc(C(F)(F)Oc3ccc(-c4ccc(C(F)(F)Oc5cc(F)c(OC=C(F)F)c(F)c5)c(F)c4)c(F)c3)cc2)OC1. The lowest BCUT2D eigenvalue weighted by atomic mass is 9.91. The van der Waals surface area contributed by atoms with Crippen LogP contribution >= 0.6 is 0 Å². The second kappa shape index (κ2) is 16.3. The summed E-state index contributed by atoms with van der Waals surface area (Å²) in [6.45, 7) is 2.76. The molecule has 1 aliphatic heterocycles. The van der Waals surface area contributed by atoms with Crippen molar-refractivity contribution in [3.63, 3.8) is 0 Å². The summed E-state index contributed by atoms with van der Waals surface area (Å²) in [7, 11) is 0. The number of alkyl halides is 4. The third-order valence-electron chi connectivity index (χ3n) is 8.47. The number of halogens is 10. The summed E-state index contributed by atoms with van der Waals surface area (Å²) in [6.07, 6.45) is -4.99. The molecule has 1 saturated heterocycles. The molecule has 4 aromatic carbocycles. The normalized spacial score (nSPS) is 16.4. The molecule has 14 heteroatoms. The van der Waals surface area contributed by atoms with Crippen LogP contribution in [0, 0.1) is 29.2 Å². The molecule has 52 heavy (non-hydrogen) atoms. The van der Waals surface area contributed by atoms with E-state index in [0.29, 0.717) is 30.7 Å². The monoisotopic (exact) mass is 742 g/mol. The smallest absolute Gasteiger partial charge is 0.429 e. The van der Waals surface area contributed by atoms with Crippen molar-refractivity contribution >= 4 is 0 Å². The summed E-state index contributed by atoms with van der Waals surface area (Å²) in [5.74, 6) is -8.66. The zero-order chi connectivity index (χ0) is 37.6. The Morgan fingerprint density at radius 2 is 1.42 bits per heavy atom. The van der Waals surface area contributed by atoms with Crippen LogP contribution in [0.1, 0.15) is 68.2 Å². The molecule has 0 bridgehead atoms. The number of unbranched alkanes of at least 4 members (excludes halogenated alkanes) is 2. The van der Waals surface area contributed by atoms with Crippen LogP contribution < -0.4 is 14.2 Å². The second-order valence-corrected chi connectivity index (χ2v) is 12.2. The summed E-state index contributed by atoms with van der Waals surface area (Å²) >= 11 is 0. The number of ether oxygens (including phenoxy) is 4. The van der Waals surface area contributed by atoms with E-state index in [1.54, 1.807) is 0 Å². The molecule has 0 amide bonds. The fourth-order valence-electron chi connectivity index (χ4n) is 5.81. The Balaban J connectivity index is 1.23. The fourth-order valence-corrected chi connectivity index (χ4v) is 5.81. The predicted octanol–water partition coefficient (Wildman–Crippen LogP) is 12.3. The lowest BCUT2D eigenvalue weighted by molar-refractivity contribution is -0.187. The molecule has 0 saturated carbocycles. The highest BCUT2D eigenvalue weighted by atomic mass is 19.3. The molecular weight excluding hydrogens is 710 g/mol. The zero-order valence-corrected chi connectivity index (χ0v) is 27.5. The Labute approximate surface area is 292 Å². The topological polar surface area (TPSA) is 36.9 Å². The molecular formula is C38H32F10O4. The molecule has 5 rings (SSSR count). The van der Waals surface area contributed by atoms with Crippen LogP contribution in [0.3, 0.4) is 0 Å². The van der Waals surface area contributed by atoms with Crippen molar-refractivity contribution < 1.29 is 62.9 Å². The quantitative estimate of drug-likeness (QED) is 0.0732. The standard InChI is InChI=1S/C38H32F10O4/c1-2-3-4-5-22-6-15-34(49-20-22)23-7-10-25(11-8-23)37(45,46)51-26-12-13-28(30(39)17-26)24-9-14-29(31(40)16-24)38(47,48)52-27-18-32(41)36(33(42)19-27)50-21-35(43)44/h7-14,16-19,21-22,34H,2-6,15,20H2,1H3. The summed E-state index contributed by atoms with van der Waals surface area (Å²) in [4.78, 5) is 0. The Kier molecular flexibility index (Phi) is 12.1. The van der Waals surface area contributed by atoms with E-state index >= 15 is 13.2 Å². The maximum absolute atomic E-state index is 15.1. The number of hydrogen-bond donors (Lipinski definition) is 0. The van der Waals surface area contributed by atoms with Crippen LogP contribution in [0.5, 0.6) is 17.2 Å². The van der Waals surface area contributed by atoms with Crippen LogP contribution in [0.4, 0.5) is 43.9 Å². The summed E-state index contributed by atoms with van der Waals surface area (Å²) in [6, 6.07) is 10.4. The minimum Gasteiger partial charge on any atom is -0.453 e. The third-order valence-corrected chi connectivity index (χ3v) is 8.47. The maximum Gasteiger partial charge on any atom is 0.429 e. The number of rotatable bonds is 14. The molecule has 4 nitrogen and oxygen atoms in total. The van der Waals surface area contributed by atoms with Gasteiger partial charge in [-0.3, -0.25) is 0 Å². The molecule has 2 unspecified atom stereocenters. The highest BCUT2D eigenvalue weighted by molar-refractivity contribution is 5.65. The molecule has 1 aliphatic rings. The first-order valence-corrected chi connectivity index (χ1v) is 16.3. The Morgan fingerprint density at radius 3 is 2.02 bits per heavy atom. The molecule has 0 aromatic heterocycles. The van der Waals surface area contributed by atoms with E-state index in [-0.39, 0.29) is 35.6 Å². The first-order valence-electron chi connectivity index (χ1n) is 16.3. The van der Waals surface area contributed by atoms with Crippen molar-refractivity contribution in [2.75, 3.05) is 6.61 Å². The molecule has 278 valence electrons. The third kappa shape index (κ3) is 9.38. The number of hydrogen-bond acceptors (Lipinski definition) is 4. The van der Waals surface area contributed by atoms with E-state index in [2.05, 4.69) is 16.4 Å². The zero-order valence-electron chi connectivity index (χ0n) is 27.5. The minimum atomic E-state index is -4.53. The molecule has 0 spiro atoms. The van der Waals surface area contributed by atoms with Crippen molar-refractivity contribution in [1.82, 2.24) is 0 Å². The van der Waals surface area contributed by atoms with Crippen LogP contribution in [0.25, 0.3) is 11.1 Å². The van der Waals surface area contributed by atoms with Crippen molar-refractivity contribution in [3.05, 3.63) is 125 Å². The van der Waals surface area contributed by atoms with E-state index in [1.807, 2.05) is 0 Å². The van der Waals surface area contributed by atoms with Gasteiger partial charge in [-0.1, -0.05) is 44.4 Å². The molecule has 0 radical (unpaired) electrons. The van der Waals surface area contributed by atoms with Crippen molar-refractivity contribution in [1.29, 1.82) is 0 Å². The second-order valence-electron chi connectivity index (χ2n) is 12.2. The first-order chi connectivity index (χ1) is 24.7. The van der Waals surface area contributed by atoms with Crippen molar-refractivity contribution in [3.8, 4) is 28.4 Å².